The highest BCUT2D eigenvalue weighted by atomic mass is 35.5. The van der Waals surface area contributed by atoms with Gasteiger partial charge in [0.2, 0.25) is 0 Å². The van der Waals surface area contributed by atoms with Crippen molar-refractivity contribution < 1.29 is 14.0 Å². The van der Waals surface area contributed by atoms with Crippen molar-refractivity contribution in [1.29, 1.82) is 0 Å². The molecule has 0 aliphatic carbocycles. The third-order valence-electron chi connectivity index (χ3n) is 4.98. The molecule has 0 spiro atoms. The van der Waals surface area contributed by atoms with Crippen LogP contribution >= 0.6 is 11.6 Å². The fraction of sp³-hybridized carbons (Fsp3) is 0.333. The zero-order chi connectivity index (χ0) is 20.0. The van der Waals surface area contributed by atoms with Crippen LogP contribution in [0.4, 0.5) is 9.18 Å². The lowest BCUT2D eigenvalue weighted by molar-refractivity contribution is -0.131. The van der Waals surface area contributed by atoms with E-state index in [4.69, 9.17) is 11.6 Å². The normalized spacial score (nSPS) is 20.1. The maximum Gasteiger partial charge on any atom is 0.325 e. The second-order valence-corrected chi connectivity index (χ2v) is 8.38. The van der Waals surface area contributed by atoms with Crippen LogP contribution in [0.25, 0.3) is 0 Å². The highest BCUT2D eigenvalue weighted by Crippen LogP contribution is 2.32. The topological polar surface area (TPSA) is 49.4 Å². The molecule has 1 atom stereocenters. The number of carbonyl (C=O) groups is 2. The summed E-state index contributed by atoms with van der Waals surface area (Å²) >= 11 is 6.04. The maximum absolute atomic E-state index is 14.1. The quantitative estimate of drug-likeness (QED) is 0.772. The Hall–Kier alpha value is -2.40. The van der Waals surface area contributed by atoms with Gasteiger partial charge < -0.3 is 5.32 Å². The predicted octanol–water partition coefficient (Wildman–Crippen LogP) is 4.74. The van der Waals surface area contributed by atoms with Gasteiger partial charge in [-0.25, -0.2) is 9.18 Å². The van der Waals surface area contributed by atoms with Gasteiger partial charge in [0.05, 0.1) is 6.54 Å². The Labute approximate surface area is 163 Å². The molecule has 0 radical (unpaired) electrons. The van der Waals surface area contributed by atoms with Gasteiger partial charge in [0, 0.05) is 10.6 Å². The molecule has 1 saturated heterocycles. The third kappa shape index (κ3) is 3.44. The summed E-state index contributed by atoms with van der Waals surface area (Å²) in [6.07, 6.45) is 0. The first-order chi connectivity index (χ1) is 12.5. The number of hydrogen-bond acceptors (Lipinski definition) is 2. The van der Waals surface area contributed by atoms with Crippen molar-refractivity contribution in [2.75, 3.05) is 0 Å². The smallest absolute Gasteiger partial charge is 0.319 e. The number of benzene rings is 2. The Morgan fingerprint density at radius 3 is 2.30 bits per heavy atom. The number of carbonyl (C=O) groups excluding carboxylic acids is 2. The Bertz CT molecular complexity index is 885. The largest absolute Gasteiger partial charge is 0.325 e. The molecule has 1 unspecified atom stereocenters. The highest BCUT2D eigenvalue weighted by molar-refractivity contribution is 6.31. The number of nitrogens with one attached hydrogen (secondary N) is 1. The second kappa shape index (κ2) is 6.64. The van der Waals surface area contributed by atoms with Gasteiger partial charge in [-0.05, 0) is 35.6 Å². The zero-order valence-electron chi connectivity index (χ0n) is 15.8. The SMILES string of the molecule is CC(C)(C)c1ccc(C2(C)NC(=O)N(Cc3c(F)cccc3Cl)C2=O)cc1. The average Bonchev–Trinajstić information content (AvgIpc) is 2.81. The minimum Gasteiger partial charge on any atom is -0.319 e. The van der Waals surface area contributed by atoms with E-state index in [1.807, 2.05) is 24.3 Å². The van der Waals surface area contributed by atoms with E-state index in [-0.39, 0.29) is 22.5 Å². The van der Waals surface area contributed by atoms with Crippen LogP contribution in [0.3, 0.4) is 0 Å². The molecular weight excluding hydrogens is 367 g/mol. The second-order valence-electron chi connectivity index (χ2n) is 7.97. The Morgan fingerprint density at radius 2 is 1.74 bits per heavy atom. The Morgan fingerprint density at radius 1 is 1.11 bits per heavy atom. The number of urea groups is 1. The lowest BCUT2D eigenvalue weighted by atomic mass is 9.84. The number of imide groups is 1. The van der Waals surface area contributed by atoms with Crippen LogP contribution in [0.15, 0.2) is 42.5 Å². The van der Waals surface area contributed by atoms with E-state index in [9.17, 15) is 14.0 Å². The standard InChI is InChI=1S/C21H22ClFN2O2/c1-20(2,3)13-8-10-14(11-9-13)21(4)18(26)25(19(27)24-21)12-15-16(22)6-5-7-17(15)23/h5-11H,12H2,1-4H3,(H,24,27). The van der Waals surface area contributed by atoms with Gasteiger partial charge in [0.25, 0.3) is 5.91 Å². The summed E-state index contributed by atoms with van der Waals surface area (Å²) in [5, 5.41) is 2.92. The van der Waals surface area contributed by atoms with Crippen LogP contribution in [0.5, 0.6) is 0 Å². The van der Waals surface area contributed by atoms with Gasteiger partial charge in [-0.3, -0.25) is 9.69 Å². The van der Waals surface area contributed by atoms with Gasteiger partial charge in [-0.15, -0.1) is 0 Å². The summed E-state index contributed by atoms with van der Waals surface area (Å²) < 4.78 is 14.1. The van der Waals surface area contributed by atoms with E-state index < -0.39 is 23.3 Å². The van der Waals surface area contributed by atoms with Crippen LogP contribution in [0.2, 0.25) is 5.02 Å². The molecule has 2 aromatic carbocycles. The fourth-order valence-electron chi connectivity index (χ4n) is 3.18. The summed E-state index contributed by atoms with van der Waals surface area (Å²) in [5.74, 6) is -0.985. The van der Waals surface area contributed by atoms with E-state index in [1.54, 1.807) is 6.92 Å². The van der Waals surface area contributed by atoms with Crippen LogP contribution in [-0.2, 0) is 22.3 Å². The van der Waals surface area contributed by atoms with E-state index in [0.29, 0.717) is 5.56 Å². The van der Waals surface area contributed by atoms with Crippen LogP contribution < -0.4 is 5.32 Å². The van der Waals surface area contributed by atoms with E-state index in [2.05, 4.69) is 26.1 Å². The zero-order valence-corrected chi connectivity index (χ0v) is 16.5. The Balaban J connectivity index is 1.91. The van der Waals surface area contributed by atoms with Crippen molar-refractivity contribution in [1.82, 2.24) is 10.2 Å². The number of halogens is 2. The Kier molecular flexibility index (Phi) is 4.76. The first-order valence-electron chi connectivity index (χ1n) is 8.72. The molecule has 0 aromatic heterocycles. The molecule has 1 aliphatic heterocycles. The molecule has 3 amide bonds. The summed E-state index contributed by atoms with van der Waals surface area (Å²) in [4.78, 5) is 26.5. The van der Waals surface area contributed by atoms with Gasteiger partial charge in [-0.1, -0.05) is 62.7 Å². The van der Waals surface area contributed by atoms with Gasteiger partial charge >= 0.3 is 6.03 Å². The number of amides is 3. The van der Waals surface area contributed by atoms with E-state index >= 15 is 0 Å². The lowest BCUT2D eigenvalue weighted by Crippen LogP contribution is -2.40. The van der Waals surface area contributed by atoms with Gasteiger partial charge in [0.15, 0.2) is 0 Å². The fourth-order valence-corrected chi connectivity index (χ4v) is 3.40. The molecule has 3 rings (SSSR count). The first kappa shape index (κ1) is 19.4. The number of hydrogen-bond donors (Lipinski definition) is 1. The van der Waals surface area contributed by atoms with Gasteiger partial charge in [0.1, 0.15) is 11.4 Å². The molecule has 2 aromatic rings. The molecule has 1 aliphatic rings. The summed E-state index contributed by atoms with van der Waals surface area (Å²) in [6.45, 7) is 7.75. The average molecular weight is 389 g/mol. The lowest BCUT2D eigenvalue weighted by Gasteiger charge is -2.24. The highest BCUT2D eigenvalue weighted by Gasteiger charge is 2.49. The summed E-state index contributed by atoms with van der Waals surface area (Å²) in [5.41, 5.74) is 0.703. The molecule has 142 valence electrons. The molecule has 0 bridgehead atoms. The van der Waals surface area contributed by atoms with Crippen molar-refractivity contribution in [3.8, 4) is 0 Å². The van der Waals surface area contributed by atoms with Crippen LogP contribution in [0, 0.1) is 5.82 Å². The maximum atomic E-state index is 14.1. The molecule has 1 N–H and O–H groups in total. The van der Waals surface area contributed by atoms with E-state index in [0.717, 1.165) is 10.5 Å². The monoisotopic (exact) mass is 388 g/mol. The van der Waals surface area contributed by atoms with E-state index in [1.165, 1.54) is 18.2 Å². The number of rotatable bonds is 3. The predicted molar refractivity (Wildman–Crippen MR) is 103 cm³/mol. The minimum atomic E-state index is -1.20. The number of nitrogens with zero attached hydrogens (tertiary/aromatic N) is 1. The van der Waals surface area contributed by atoms with Crippen molar-refractivity contribution in [2.24, 2.45) is 0 Å². The summed E-state index contributed by atoms with van der Waals surface area (Å²) in [7, 11) is 0. The first-order valence-corrected chi connectivity index (χ1v) is 9.10. The molecule has 4 nitrogen and oxygen atoms in total. The molecular formula is C21H22ClFN2O2. The van der Waals surface area contributed by atoms with Crippen molar-refractivity contribution in [2.45, 2.75) is 45.2 Å². The van der Waals surface area contributed by atoms with Gasteiger partial charge in [-0.2, -0.15) is 0 Å². The van der Waals surface area contributed by atoms with Crippen molar-refractivity contribution in [3.05, 3.63) is 70.0 Å². The third-order valence-corrected chi connectivity index (χ3v) is 5.34. The molecule has 6 heteroatoms. The molecule has 0 saturated carbocycles. The minimum absolute atomic E-state index is 0.0179. The molecule has 27 heavy (non-hydrogen) atoms. The molecule has 1 heterocycles. The van der Waals surface area contributed by atoms with Crippen molar-refractivity contribution >= 4 is 23.5 Å². The van der Waals surface area contributed by atoms with Crippen LogP contribution in [0.1, 0.15) is 44.4 Å². The van der Waals surface area contributed by atoms with Crippen LogP contribution in [-0.4, -0.2) is 16.8 Å². The summed E-state index contributed by atoms with van der Waals surface area (Å²) in [6, 6.07) is 11.3. The molecule has 1 fully saturated rings. The van der Waals surface area contributed by atoms with Crippen molar-refractivity contribution in [3.63, 3.8) is 0 Å².